The Morgan fingerprint density at radius 3 is 2.57 bits per heavy atom. The highest BCUT2D eigenvalue weighted by atomic mass is 79.9. The molecule has 0 bridgehead atoms. The number of methoxy groups -OCH3 is 2. The second-order valence-corrected chi connectivity index (χ2v) is 5.13. The van der Waals surface area contributed by atoms with Crippen molar-refractivity contribution in [3.63, 3.8) is 0 Å². The molecule has 0 aliphatic rings. The first-order valence-corrected chi connectivity index (χ1v) is 6.98. The Labute approximate surface area is 131 Å². The minimum atomic E-state index is -0.128. The van der Waals surface area contributed by atoms with Crippen LogP contribution in [0.4, 0.5) is 0 Å². The van der Waals surface area contributed by atoms with Gasteiger partial charge in [-0.1, -0.05) is 12.1 Å². The maximum absolute atomic E-state index is 12.2. The van der Waals surface area contributed by atoms with Crippen LogP contribution in [0.1, 0.15) is 16.1 Å². The number of hydrogen-bond donors (Lipinski definition) is 0. The molecule has 21 heavy (non-hydrogen) atoms. The Morgan fingerprint density at radius 1 is 1.29 bits per heavy atom. The topological polar surface area (TPSA) is 53.3 Å². The molecule has 2 aromatic rings. The van der Waals surface area contributed by atoms with E-state index in [0.717, 1.165) is 5.56 Å². The summed E-state index contributed by atoms with van der Waals surface area (Å²) < 4.78 is 12.6. The maximum atomic E-state index is 12.2. The molecule has 0 saturated carbocycles. The molecule has 0 N–H and O–H groups in total. The Kier molecular flexibility index (Phi) is 4.80. The smallest absolute Gasteiger partial charge is 0.205 e. The molecule has 0 saturated heterocycles. The lowest BCUT2D eigenvalue weighted by Gasteiger charge is -2.07. The van der Waals surface area contributed by atoms with Crippen LogP contribution >= 0.6 is 15.9 Å². The number of ether oxygens (including phenoxy) is 2. The molecule has 110 valence electrons. The van der Waals surface area contributed by atoms with Crippen LogP contribution in [0.3, 0.4) is 0 Å². The van der Waals surface area contributed by atoms with E-state index in [2.05, 4.69) is 21.0 Å². The first kappa shape index (κ1) is 15.3. The normalized spacial score (nSPS) is 10.9. The lowest BCUT2D eigenvalue weighted by molar-refractivity contribution is 0.103. The molecule has 1 heterocycles. The molecule has 1 aromatic heterocycles. The van der Waals surface area contributed by atoms with Gasteiger partial charge in [-0.05, 0) is 39.7 Å². The van der Waals surface area contributed by atoms with Crippen LogP contribution < -0.4 is 9.47 Å². The number of halogens is 1. The van der Waals surface area contributed by atoms with Gasteiger partial charge in [-0.15, -0.1) is 0 Å². The largest absolute Gasteiger partial charge is 0.493 e. The van der Waals surface area contributed by atoms with Crippen molar-refractivity contribution in [2.45, 2.75) is 0 Å². The molecule has 6 heteroatoms. The molecule has 0 atom stereocenters. The van der Waals surface area contributed by atoms with E-state index >= 15 is 0 Å². The van der Waals surface area contributed by atoms with Crippen LogP contribution in [-0.2, 0) is 7.05 Å². The number of aryl methyl sites for hydroxylation is 1. The van der Waals surface area contributed by atoms with Gasteiger partial charge in [0, 0.05) is 7.05 Å². The molecule has 0 radical (unpaired) electrons. The molecule has 0 aliphatic heterocycles. The molecular weight excluding hydrogens is 336 g/mol. The van der Waals surface area contributed by atoms with Crippen molar-refractivity contribution in [3.8, 4) is 11.5 Å². The Balaban J connectivity index is 2.23. The second-order valence-electron chi connectivity index (χ2n) is 4.28. The van der Waals surface area contributed by atoms with Crippen molar-refractivity contribution in [2.75, 3.05) is 14.2 Å². The lowest BCUT2D eigenvalue weighted by atomic mass is 10.1. The van der Waals surface area contributed by atoms with E-state index in [9.17, 15) is 4.79 Å². The fourth-order valence-electron chi connectivity index (χ4n) is 1.90. The van der Waals surface area contributed by atoms with Gasteiger partial charge in [0.15, 0.2) is 11.5 Å². The number of ketones is 1. The Morgan fingerprint density at radius 2 is 2.00 bits per heavy atom. The predicted molar refractivity (Wildman–Crippen MR) is 83.8 cm³/mol. The number of rotatable bonds is 5. The van der Waals surface area contributed by atoms with Crippen molar-refractivity contribution in [1.82, 2.24) is 9.78 Å². The molecule has 2 rings (SSSR count). The molecule has 1 aromatic carbocycles. The van der Waals surface area contributed by atoms with Gasteiger partial charge in [0.05, 0.1) is 24.9 Å². The van der Waals surface area contributed by atoms with E-state index in [-0.39, 0.29) is 5.78 Å². The summed E-state index contributed by atoms with van der Waals surface area (Å²) in [5.41, 5.74) is 1.35. The fraction of sp³-hybridized carbons (Fsp3) is 0.200. The van der Waals surface area contributed by atoms with Gasteiger partial charge in [0.2, 0.25) is 5.78 Å². The number of carbonyl (C=O) groups excluding carboxylic acids is 1. The van der Waals surface area contributed by atoms with E-state index in [4.69, 9.17) is 9.47 Å². The summed E-state index contributed by atoms with van der Waals surface area (Å²) in [7, 11) is 4.88. The van der Waals surface area contributed by atoms with Crippen molar-refractivity contribution < 1.29 is 14.3 Å². The molecule has 0 spiro atoms. The van der Waals surface area contributed by atoms with Crippen molar-refractivity contribution >= 4 is 27.8 Å². The number of benzene rings is 1. The number of carbonyl (C=O) groups is 1. The zero-order chi connectivity index (χ0) is 15.4. The monoisotopic (exact) mass is 350 g/mol. The highest BCUT2D eigenvalue weighted by Crippen LogP contribution is 2.28. The molecule has 0 unspecified atom stereocenters. The SMILES string of the molecule is COc1ccc(C=CC(=O)c2c(Br)cnn2C)cc1OC. The zero-order valence-electron chi connectivity index (χ0n) is 12.0. The average molecular weight is 351 g/mol. The number of aromatic nitrogens is 2. The zero-order valence-corrected chi connectivity index (χ0v) is 13.5. The van der Waals surface area contributed by atoms with Crippen LogP contribution in [0, 0.1) is 0 Å². The third kappa shape index (κ3) is 3.33. The first-order chi connectivity index (χ1) is 10.1. The van der Waals surface area contributed by atoms with Crippen LogP contribution in [0.5, 0.6) is 11.5 Å². The van der Waals surface area contributed by atoms with Gasteiger partial charge in [0.1, 0.15) is 5.69 Å². The van der Waals surface area contributed by atoms with Gasteiger partial charge in [-0.3, -0.25) is 9.48 Å². The fourth-order valence-corrected chi connectivity index (χ4v) is 2.44. The van der Waals surface area contributed by atoms with Gasteiger partial charge >= 0.3 is 0 Å². The van der Waals surface area contributed by atoms with Crippen molar-refractivity contribution in [3.05, 3.63) is 46.2 Å². The van der Waals surface area contributed by atoms with Crippen LogP contribution in [-0.4, -0.2) is 29.8 Å². The summed E-state index contributed by atoms with van der Waals surface area (Å²) in [5.74, 6) is 1.14. The average Bonchev–Trinajstić information content (AvgIpc) is 2.83. The summed E-state index contributed by atoms with van der Waals surface area (Å²) in [5, 5.41) is 4.02. The summed E-state index contributed by atoms with van der Waals surface area (Å²) >= 11 is 3.31. The number of hydrogen-bond acceptors (Lipinski definition) is 4. The predicted octanol–water partition coefficient (Wildman–Crippen LogP) is 3.10. The van der Waals surface area contributed by atoms with E-state index in [1.165, 1.54) is 10.8 Å². The Bertz CT molecular complexity index is 673. The van der Waals surface area contributed by atoms with Crippen LogP contribution in [0.15, 0.2) is 34.9 Å². The summed E-state index contributed by atoms with van der Waals surface area (Å²) in [6, 6.07) is 5.45. The summed E-state index contributed by atoms with van der Waals surface area (Å²) in [6.07, 6.45) is 4.82. The van der Waals surface area contributed by atoms with E-state index in [1.54, 1.807) is 45.7 Å². The minimum Gasteiger partial charge on any atom is -0.493 e. The van der Waals surface area contributed by atoms with Crippen molar-refractivity contribution in [1.29, 1.82) is 0 Å². The first-order valence-electron chi connectivity index (χ1n) is 6.18. The Hall–Kier alpha value is -2.08. The molecule has 0 amide bonds. The third-order valence-electron chi connectivity index (χ3n) is 2.96. The standard InChI is InChI=1S/C15H15BrN2O3/c1-18-15(11(16)9-17-18)12(19)6-4-10-5-7-13(20-2)14(8-10)21-3/h4-9H,1-3H3. The molecule has 0 aliphatic carbocycles. The minimum absolute atomic E-state index is 0.128. The molecular formula is C15H15BrN2O3. The highest BCUT2D eigenvalue weighted by molar-refractivity contribution is 9.10. The molecule has 5 nitrogen and oxygen atoms in total. The van der Waals surface area contributed by atoms with E-state index in [1.807, 2.05) is 6.07 Å². The van der Waals surface area contributed by atoms with E-state index < -0.39 is 0 Å². The van der Waals surface area contributed by atoms with Crippen LogP contribution in [0.2, 0.25) is 0 Å². The number of nitrogens with zero attached hydrogens (tertiary/aromatic N) is 2. The van der Waals surface area contributed by atoms with Gasteiger partial charge in [-0.25, -0.2) is 0 Å². The third-order valence-corrected chi connectivity index (χ3v) is 3.54. The number of allylic oxidation sites excluding steroid dienone is 1. The second kappa shape index (κ2) is 6.58. The summed E-state index contributed by atoms with van der Waals surface area (Å²) in [4.78, 5) is 12.2. The quantitative estimate of drug-likeness (QED) is 0.614. The van der Waals surface area contributed by atoms with Gasteiger partial charge < -0.3 is 9.47 Å². The van der Waals surface area contributed by atoms with Crippen LogP contribution in [0.25, 0.3) is 6.08 Å². The highest BCUT2D eigenvalue weighted by Gasteiger charge is 2.12. The van der Waals surface area contributed by atoms with Gasteiger partial charge in [-0.2, -0.15) is 5.10 Å². The van der Waals surface area contributed by atoms with E-state index in [0.29, 0.717) is 21.7 Å². The summed E-state index contributed by atoms with van der Waals surface area (Å²) in [6.45, 7) is 0. The maximum Gasteiger partial charge on any atom is 0.205 e. The van der Waals surface area contributed by atoms with Gasteiger partial charge in [0.25, 0.3) is 0 Å². The molecule has 0 fully saturated rings. The van der Waals surface area contributed by atoms with Crippen molar-refractivity contribution in [2.24, 2.45) is 7.05 Å². The lowest BCUT2D eigenvalue weighted by Crippen LogP contribution is -2.04.